The zero-order valence-electron chi connectivity index (χ0n) is 19.8. The van der Waals surface area contributed by atoms with Gasteiger partial charge < -0.3 is 29.4 Å². The minimum atomic E-state index is -0.416. The summed E-state index contributed by atoms with van der Waals surface area (Å²) in [6.07, 6.45) is 6.35. The van der Waals surface area contributed by atoms with Gasteiger partial charge in [-0.25, -0.2) is 4.39 Å². The Morgan fingerprint density at radius 3 is 1.94 bits per heavy atom. The van der Waals surface area contributed by atoms with Gasteiger partial charge in [0, 0.05) is 17.8 Å². The maximum atomic E-state index is 13.1. The van der Waals surface area contributed by atoms with E-state index in [2.05, 4.69) is 5.32 Å². The van der Waals surface area contributed by atoms with Crippen LogP contribution in [-0.2, 0) is 0 Å². The molecular weight excluding hydrogens is 453 g/mol. The lowest BCUT2D eigenvalue weighted by molar-refractivity contribution is 0.104. The van der Waals surface area contributed by atoms with Gasteiger partial charge in [-0.2, -0.15) is 0 Å². The first-order valence-electron chi connectivity index (χ1n) is 10.5. The number of phenolic OH excluding ortho intramolecular Hbond substituents is 1. The number of aromatic hydroxyl groups is 1. The van der Waals surface area contributed by atoms with Crippen LogP contribution < -0.4 is 24.3 Å². The molecule has 0 aromatic heterocycles. The number of phenols is 1. The van der Waals surface area contributed by atoms with Gasteiger partial charge in [0.05, 0.1) is 34.1 Å². The van der Waals surface area contributed by atoms with Gasteiger partial charge in [-0.3, -0.25) is 4.79 Å². The van der Waals surface area contributed by atoms with Crippen molar-refractivity contribution >= 4 is 23.6 Å². The minimum absolute atomic E-state index is 0.0831. The predicted octanol–water partition coefficient (Wildman–Crippen LogP) is 5.54. The molecule has 2 N–H and O–H groups in total. The number of carbonyl (C=O) groups is 1. The average Bonchev–Trinajstić information content (AvgIpc) is 2.86. The van der Waals surface area contributed by atoms with Crippen molar-refractivity contribution in [3.63, 3.8) is 0 Å². The monoisotopic (exact) mass is 479 g/mol. The molecule has 0 radical (unpaired) electrons. The zero-order valence-corrected chi connectivity index (χ0v) is 19.8. The van der Waals surface area contributed by atoms with Gasteiger partial charge in [0.2, 0.25) is 5.75 Å². The number of ether oxygens (including phenoxy) is 4. The van der Waals surface area contributed by atoms with Crippen molar-refractivity contribution in [2.24, 2.45) is 0 Å². The first kappa shape index (κ1) is 25.2. The van der Waals surface area contributed by atoms with Crippen molar-refractivity contribution in [1.82, 2.24) is 0 Å². The van der Waals surface area contributed by atoms with Crippen LogP contribution in [0.5, 0.6) is 28.7 Å². The van der Waals surface area contributed by atoms with Crippen molar-refractivity contribution in [2.45, 2.75) is 0 Å². The molecule has 0 saturated heterocycles. The van der Waals surface area contributed by atoms with Crippen LogP contribution in [0.2, 0.25) is 0 Å². The third kappa shape index (κ3) is 6.11. The molecule has 8 heteroatoms. The molecule has 0 fully saturated rings. The quantitative estimate of drug-likeness (QED) is 0.224. The summed E-state index contributed by atoms with van der Waals surface area (Å²) < 4.78 is 34.5. The van der Waals surface area contributed by atoms with Crippen molar-refractivity contribution in [2.75, 3.05) is 33.8 Å². The van der Waals surface area contributed by atoms with Crippen molar-refractivity contribution in [1.29, 1.82) is 0 Å². The van der Waals surface area contributed by atoms with Crippen LogP contribution in [0.25, 0.3) is 12.2 Å². The number of hydrogen-bond acceptors (Lipinski definition) is 7. The summed E-state index contributed by atoms with van der Waals surface area (Å²) in [6.45, 7) is 0. The third-order valence-electron chi connectivity index (χ3n) is 5.05. The molecule has 0 aliphatic rings. The highest BCUT2D eigenvalue weighted by Crippen LogP contribution is 2.39. The summed E-state index contributed by atoms with van der Waals surface area (Å²) in [4.78, 5) is 12.3. The lowest BCUT2D eigenvalue weighted by atomic mass is 10.1. The van der Waals surface area contributed by atoms with Crippen LogP contribution in [0.1, 0.15) is 21.5 Å². The second kappa shape index (κ2) is 11.6. The summed E-state index contributed by atoms with van der Waals surface area (Å²) >= 11 is 0. The van der Waals surface area contributed by atoms with Crippen molar-refractivity contribution in [3.05, 3.63) is 83.3 Å². The SMILES string of the molecule is COc1cc(C=Cc2cc(O)c(OC)c(NC=CC(=O)c3ccc(F)cc3)c2)cc(OC)c1OC. The molecule has 3 aromatic carbocycles. The molecule has 0 heterocycles. The number of allylic oxidation sites excluding steroid dienone is 1. The normalized spacial score (nSPS) is 11.0. The highest BCUT2D eigenvalue weighted by molar-refractivity contribution is 6.04. The standard InChI is InChI=1S/C27H26FNO6/c1-32-24-15-18(16-25(33-2)27(24)35-4)6-5-17-13-21(26(34-3)23(31)14-17)29-12-11-22(30)19-7-9-20(28)10-8-19/h5-16,29,31H,1-4H3. The van der Waals surface area contributed by atoms with Crippen LogP contribution in [0, 0.1) is 5.82 Å². The van der Waals surface area contributed by atoms with Crippen molar-refractivity contribution in [3.8, 4) is 28.7 Å². The molecule has 0 saturated carbocycles. The number of methoxy groups -OCH3 is 4. The largest absolute Gasteiger partial charge is 0.504 e. The summed E-state index contributed by atoms with van der Waals surface area (Å²) in [5, 5.41) is 13.4. The van der Waals surface area contributed by atoms with E-state index >= 15 is 0 Å². The van der Waals surface area contributed by atoms with Crippen molar-refractivity contribution < 1.29 is 33.2 Å². The number of benzene rings is 3. The van der Waals surface area contributed by atoms with E-state index in [-0.39, 0.29) is 17.3 Å². The average molecular weight is 480 g/mol. The van der Waals surface area contributed by atoms with Gasteiger partial charge in [0.25, 0.3) is 0 Å². The second-order valence-electron chi connectivity index (χ2n) is 7.26. The Morgan fingerprint density at radius 1 is 0.829 bits per heavy atom. The number of halogens is 1. The molecule has 182 valence electrons. The Morgan fingerprint density at radius 2 is 1.40 bits per heavy atom. The van der Waals surface area contributed by atoms with E-state index in [9.17, 15) is 14.3 Å². The van der Waals surface area contributed by atoms with Gasteiger partial charge in [-0.1, -0.05) is 12.2 Å². The van der Waals surface area contributed by atoms with E-state index in [0.29, 0.717) is 34.1 Å². The summed E-state index contributed by atoms with van der Waals surface area (Å²) in [5.41, 5.74) is 2.24. The molecule has 3 rings (SSSR count). The third-order valence-corrected chi connectivity index (χ3v) is 5.05. The lowest BCUT2D eigenvalue weighted by Gasteiger charge is -2.13. The summed E-state index contributed by atoms with van der Waals surface area (Å²) in [7, 11) is 6.04. The number of carbonyl (C=O) groups excluding carboxylic acids is 1. The van der Waals surface area contributed by atoms with Crippen LogP contribution in [0.4, 0.5) is 10.1 Å². The Bertz CT molecular complexity index is 1230. The minimum Gasteiger partial charge on any atom is -0.504 e. The maximum absolute atomic E-state index is 13.1. The Labute approximate surface area is 203 Å². The molecule has 0 atom stereocenters. The molecule has 0 amide bonds. The molecule has 35 heavy (non-hydrogen) atoms. The van der Waals surface area contributed by atoms with E-state index < -0.39 is 5.82 Å². The van der Waals surface area contributed by atoms with Crippen LogP contribution in [-0.4, -0.2) is 39.3 Å². The summed E-state index contributed by atoms with van der Waals surface area (Å²) in [5.74, 6) is 0.931. The molecule has 0 unspecified atom stereocenters. The van der Waals surface area contributed by atoms with E-state index in [1.165, 1.54) is 50.8 Å². The number of ketones is 1. The molecular formula is C27H26FNO6. The summed E-state index contributed by atoms with van der Waals surface area (Å²) in [6, 6.07) is 12.1. The van der Waals surface area contributed by atoms with E-state index in [1.807, 2.05) is 6.08 Å². The lowest BCUT2D eigenvalue weighted by Crippen LogP contribution is -1.98. The van der Waals surface area contributed by atoms with E-state index in [4.69, 9.17) is 18.9 Å². The van der Waals surface area contributed by atoms with Gasteiger partial charge in [0.1, 0.15) is 5.82 Å². The van der Waals surface area contributed by atoms with Gasteiger partial charge >= 0.3 is 0 Å². The molecule has 7 nitrogen and oxygen atoms in total. The molecule has 0 spiro atoms. The number of nitrogens with one attached hydrogen (secondary N) is 1. The zero-order chi connectivity index (χ0) is 25.4. The molecule has 0 bridgehead atoms. The van der Waals surface area contributed by atoms with E-state index in [0.717, 1.165) is 5.56 Å². The second-order valence-corrected chi connectivity index (χ2v) is 7.26. The Kier molecular flexibility index (Phi) is 8.34. The fourth-order valence-corrected chi connectivity index (χ4v) is 3.36. The topological polar surface area (TPSA) is 86.2 Å². The van der Waals surface area contributed by atoms with E-state index in [1.54, 1.807) is 44.6 Å². The fraction of sp³-hybridized carbons (Fsp3) is 0.148. The maximum Gasteiger partial charge on any atom is 0.203 e. The first-order valence-corrected chi connectivity index (χ1v) is 10.5. The smallest absolute Gasteiger partial charge is 0.203 e. The van der Waals surface area contributed by atoms with Gasteiger partial charge in [0.15, 0.2) is 28.8 Å². The predicted molar refractivity (Wildman–Crippen MR) is 133 cm³/mol. The number of rotatable bonds is 10. The molecule has 0 aliphatic heterocycles. The van der Waals surface area contributed by atoms with Crippen LogP contribution in [0.3, 0.4) is 0 Å². The molecule has 0 aliphatic carbocycles. The molecule has 3 aromatic rings. The number of hydrogen-bond donors (Lipinski definition) is 2. The van der Waals surface area contributed by atoms with Gasteiger partial charge in [-0.05, 0) is 59.7 Å². The van der Waals surface area contributed by atoms with Crippen LogP contribution >= 0.6 is 0 Å². The Hall–Kier alpha value is -4.46. The van der Waals surface area contributed by atoms with Crippen LogP contribution in [0.15, 0.2) is 60.8 Å². The first-order chi connectivity index (χ1) is 16.9. The highest BCUT2D eigenvalue weighted by Gasteiger charge is 2.13. The fourth-order valence-electron chi connectivity index (χ4n) is 3.36. The highest BCUT2D eigenvalue weighted by atomic mass is 19.1. The number of anilines is 1. The Balaban J connectivity index is 1.85. The van der Waals surface area contributed by atoms with Gasteiger partial charge in [-0.15, -0.1) is 0 Å².